The predicted molar refractivity (Wildman–Crippen MR) is 147 cm³/mol. The van der Waals surface area contributed by atoms with E-state index in [4.69, 9.17) is 23.7 Å². The maximum atomic E-state index is 12.1. The summed E-state index contributed by atoms with van der Waals surface area (Å²) in [6.07, 6.45) is -0.446. The summed E-state index contributed by atoms with van der Waals surface area (Å²) in [6, 6.07) is 14.2. The molecule has 0 radical (unpaired) electrons. The average Bonchev–Trinajstić information content (AvgIpc) is 3.28. The van der Waals surface area contributed by atoms with Crippen LogP contribution in [0.3, 0.4) is 0 Å². The van der Waals surface area contributed by atoms with Crippen molar-refractivity contribution in [3.8, 4) is 5.75 Å². The van der Waals surface area contributed by atoms with E-state index < -0.39 is 35.9 Å². The molecule has 0 saturated carbocycles. The molecule has 0 aliphatic carbocycles. The number of ether oxygens (including phenoxy) is 5. The Morgan fingerprint density at radius 3 is 2.44 bits per heavy atom. The van der Waals surface area contributed by atoms with Crippen LogP contribution < -0.4 is 4.74 Å². The lowest BCUT2D eigenvalue weighted by atomic mass is 9.84. The summed E-state index contributed by atoms with van der Waals surface area (Å²) in [6.45, 7) is 7.78. The lowest BCUT2D eigenvalue weighted by Gasteiger charge is -2.46. The van der Waals surface area contributed by atoms with E-state index in [-0.39, 0.29) is 18.9 Å². The third-order valence-corrected chi connectivity index (χ3v) is 8.14. The molecule has 4 atom stereocenters. The summed E-state index contributed by atoms with van der Waals surface area (Å²) in [7, 11) is 1.49. The minimum atomic E-state index is -1.44. The van der Waals surface area contributed by atoms with Gasteiger partial charge in [-0.1, -0.05) is 25.1 Å². The molecule has 0 N–H and O–H groups in total. The molecular weight excluding hydrogens is 520 g/mol. The second-order valence-electron chi connectivity index (χ2n) is 9.92. The highest BCUT2D eigenvalue weighted by Gasteiger charge is 2.50. The zero-order chi connectivity index (χ0) is 28.3. The van der Waals surface area contributed by atoms with Crippen molar-refractivity contribution in [1.82, 2.24) is 0 Å². The Balaban J connectivity index is 1.80. The van der Waals surface area contributed by atoms with Crippen molar-refractivity contribution in [2.45, 2.75) is 65.5 Å². The van der Waals surface area contributed by atoms with Gasteiger partial charge in [0.2, 0.25) is 5.79 Å². The maximum Gasteiger partial charge on any atom is 0.308 e. The molecule has 1 fully saturated rings. The third-order valence-electron chi connectivity index (χ3n) is 7.03. The number of rotatable bonds is 8. The first-order valence-electron chi connectivity index (χ1n) is 12.8. The van der Waals surface area contributed by atoms with E-state index in [1.807, 2.05) is 38.1 Å². The molecular formula is C30H34O8S. The van der Waals surface area contributed by atoms with Crippen LogP contribution in [0.2, 0.25) is 0 Å². The Morgan fingerprint density at radius 1 is 1.05 bits per heavy atom. The molecule has 8 nitrogen and oxygen atoms in total. The summed E-state index contributed by atoms with van der Waals surface area (Å²) >= 11 is 1.73. The van der Waals surface area contributed by atoms with Gasteiger partial charge in [0.15, 0.2) is 0 Å². The summed E-state index contributed by atoms with van der Waals surface area (Å²) in [5, 5.41) is 1.18. The Bertz CT molecular complexity index is 1350. The van der Waals surface area contributed by atoms with Gasteiger partial charge in [0.1, 0.15) is 24.6 Å². The number of methoxy groups -OCH3 is 1. The first-order chi connectivity index (χ1) is 18.5. The van der Waals surface area contributed by atoms with Crippen molar-refractivity contribution in [2.75, 3.05) is 13.7 Å². The Hall–Kier alpha value is -3.27. The molecule has 1 unspecified atom stereocenters. The zero-order valence-electron chi connectivity index (χ0n) is 23.1. The van der Waals surface area contributed by atoms with Crippen molar-refractivity contribution in [3.63, 3.8) is 0 Å². The minimum Gasteiger partial charge on any atom is -0.463 e. The van der Waals surface area contributed by atoms with Gasteiger partial charge in [-0.2, -0.15) is 0 Å². The van der Waals surface area contributed by atoms with Gasteiger partial charge in [0.25, 0.3) is 0 Å². The molecule has 1 aliphatic rings. The topological polar surface area (TPSA) is 97.4 Å². The van der Waals surface area contributed by atoms with Gasteiger partial charge < -0.3 is 23.7 Å². The number of carbonyl (C=O) groups excluding carboxylic acids is 3. The highest BCUT2D eigenvalue weighted by Crippen LogP contribution is 2.46. The van der Waals surface area contributed by atoms with Crippen molar-refractivity contribution >= 4 is 39.3 Å². The fourth-order valence-corrected chi connectivity index (χ4v) is 6.11. The minimum absolute atomic E-state index is 0.0528. The standard InChI is InChI=1S/C30H34O8S/c1-17-11-26(36-20(4)32)25(14-23(17)13-24-12-22-9-7-8-10-29(22)39-24)30(34-6)15-27(37-21(5)33)18(2)28(38-30)16-35-19(3)31/h7-12,14,18,27-28H,13,15-16H2,1-6H3/t18-,27+,28+,30?/m0/s1. The van der Waals surface area contributed by atoms with Crippen LogP contribution in [0.15, 0.2) is 42.5 Å². The largest absolute Gasteiger partial charge is 0.463 e. The molecule has 2 heterocycles. The number of benzene rings is 2. The summed E-state index contributed by atoms with van der Waals surface area (Å²) in [5.41, 5.74) is 2.45. The second kappa shape index (κ2) is 11.9. The van der Waals surface area contributed by atoms with Gasteiger partial charge in [-0.15, -0.1) is 11.3 Å². The van der Waals surface area contributed by atoms with Crippen molar-refractivity contribution in [2.24, 2.45) is 5.92 Å². The van der Waals surface area contributed by atoms with E-state index in [9.17, 15) is 14.4 Å². The lowest BCUT2D eigenvalue weighted by molar-refractivity contribution is -0.315. The molecule has 9 heteroatoms. The first-order valence-corrected chi connectivity index (χ1v) is 13.7. The molecule has 1 aliphatic heterocycles. The Morgan fingerprint density at radius 2 is 1.79 bits per heavy atom. The van der Waals surface area contributed by atoms with Crippen LogP contribution in [0, 0.1) is 12.8 Å². The van der Waals surface area contributed by atoms with Gasteiger partial charge in [-0.3, -0.25) is 14.4 Å². The molecule has 0 amide bonds. The van der Waals surface area contributed by atoms with E-state index in [0.29, 0.717) is 17.7 Å². The van der Waals surface area contributed by atoms with Gasteiger partial charge in [0, 0.05) is 56.2 Å². The van der Waals surface area contributed by atoms with E-state index in [2.05, 4.69) is 18.2 Å². The molecule has 2 aromatic carbocycles. The van der Waals surface area contributed by atoms with Crippen LogP contribution in [0.4, 0.5) is 0 Å². The Kier molecular flexibility index (Phi) is 8.73. The second-order valence-corrected chi connectivity index (χ2v) is 11.1. The van der Waals surface area contributed by atoms with Crippen LogP contribution in [0.1, 0.15) is 55.7 Å². The molecule has 3 aromatic rings. The number of fused-ring (bicyclic) bond motifs is 1. The zero-order valence-corrected chi connectivity index (χ0v) is 23.9. The van der Waals surface area contributed by atoms with Crippen LogP contribution in [0.25, 0.3) is 10.1 Å². The molecule has 0 bridgehead atoms. The SMILES string of the molecule is COC1(c2cc(Cc3cc4ccccc4s3)c(C)cc2OC(C)=O)C[C@@H](OC(C)=O)[C@H](C)[C@@H](COC(C)=O)O1. The predicted octanol–water partition coefficient (Wildman–Crippen LogP) is 5.44. The average molecular weight is 555 g/mol. The smallest absolute Gasteiger partial charge is 0.308 e. The number of hydrogen-bond acceptors (Lipinski definition) is 9. The summed E-state index contributed by atoms with van der Waals surface area (Å²) in [4.78, 5) is 36.9. The molecule has 208 valence electrons. The fourth-order valence-electron chi connectivity index (χ4n) is 5.02. The number of aryl methyl sites for hydroxylation is 1. The van der Waals surface area contributed by atoms with E-state index >= 15 is 0 Å². The Labute approximate surface area is 232 Å². The summed E-state index contributed by atoms with van der Waals surface area (Å²) in [5.74, 6) is -2.83. The molecule has 1 aromatic heterocycles. The first kappa shape index (κ1) is 28.7. The van der Waals surface area contributed by atoms with E-state index in [0.717, 1.165) is 11.1 Å². The molecule has 39 heavy (non-hydrogen) atoms. The highest BCUT2D eigenvalue weighted by molar-refractivity contribution is 7.19. The maximum absolute atomic E-state index is 12.1. The number of hydrogen-bond donors (Lipinski definition) is 0. The van der Waals surface area contributed by atoms with Crippen LogP contribution in [-0.4, -0.2) is 43.8 Å². The number of esters is 3. The molecule has 0 spiro atoms. The normalized spacial score (nSPS) is 22.9. The molecule has 1 saturated heterocycles. The highest BCUT2D eigenvalue weighted by atomic mass is 32.1. The van der Waals surface area contributed by atoms with E-state index in [1.165, 1.54) is 42.8 Å². The quantitative estimate of drug-likeness (QED) is 0.268. The summed E-state index contributed by atoms with van der Waals surface area (Å²) < 4.78 is 30.4. The van der Waals surface area contributed by atoms with Crippen LogP contribution in [-0.2, 0) is 45.5 Å². The lowest BCUT2D eigenvalue weighted by Crippen LogP contribution is -2.53. The van der Waals surface area contributed by atoms with Crippen molar-refractivity contribution in [1.29, 1.82) is 0 Å². The van der Waals surface area contributed by atoms with Crippen LogP contribution >= 0.6 is 11.3 Å². The van der Waals surface area contributed by atoms with E-state index in [1.54, 1.807) is 11.3 Å². The van der Waals surface area contributed by atoms with Gasteiger partial charge in [-0.25, -0.2) is 0 Å². The number of thiophene rings is 1. The van der Waals surface area contributed by atoms with Crippen molar-refractivity contribution < 1.29 is 38.1 Å². The number of carbonyl (C=O) groups is 3. The van der Waals surface area contributed by atoms with Crippen LogP contribution in [0.5, 0.6) is 5.75 Å². The van der Waals surface area contributed by atoms with Gasteiger partial charge in [0.05, 0.1) is 5.56 Å². The van der Waals surface area contributed by atoms with Crippen molar-refractivity contribution in [3.05, 3.63) is 64.0 Å². The third kappa shape index (κ3) is 6.49. The fraction of sp³-hybridized carbons (Fsp3) is 0.433. The monoisotopic (exact) mass is 554 g/mol. The van der Waals surface area contributed by atoms with Gasteiger partial charge >= 0.3 is 17.9 Å². The molecule has 4 rings (SSSR count). The van der Waals surface area contributed by atoms with Gasteiger partial charge in [-0.05, 0) is 47.7 Å².